The molecule has 1 unspecified atom stereocenters. The van der Waals surface area contributed by atoms with Crippen LogP contribution in [0.4, 0.5) is 11.4 Å². The Morgan fingerprint density at radius 3 is 2.55 bits per heavy atom. The molecule has 7 heteroatoms. The fourth-order valence-corrected chi connectivity index (χ4v) is 4.11. The summed E-state index contributed by atoms with van der Waals surface area (Å²) in [6, 6.07) is 13.6. The molecule has 2 aliphatic heterocycles. The minimum atomic E-state index is -0.546. The number of carbonyl (C=O) groups excluding carboxylic acids is 3. The zero-order valence-corrected chi connectivity index (χ0v) is 16.7. The molecule has 6 nitrogen and oxygen atoms in total. The van der Waals surface area contributed by atoms with E-state index in [9.17, 15) is 14.4 Å². The third-order valence-electron chi connectivity index (χ3n) is 5.43. The van der Waals surface area contributed by atoms with Crippen LogP contribution in [-0.2, 0) is 9.59 Å². The van der Waals surface area contributed by atoms with Gasteiger partial charge in [0.15, 0.2) is 0 Å². The maximum absolute atomic E-state index is 13.0. The summed E-state index contributed by atoms with van der Waals surface area (Å²) in [6.45, 7) is 1.21. The predicted octanol–water partition coefficient (Wildman–Crippen LogP) is 3.71. The molecule has 0 radical (unpaired) electrons. The average molecular weight is 412 g/mol. The van der Waals surface area contributed by atoms with E-state index in [1.165, 1.54) is 0 Å². The van der Waals surface area contributed by atoms with Gasteiger partial charge < -0.3 is 15.1 Å². The van der Waals surface area contributed by atoms with E-state index in [1.807, 2.05) is 18.2 Å². The summed E-state index contributed by atoms with van der Waals surface area (Å²) in [4.78, 5) is 41.1. The van der Waals surface area contributed by atoms with E-state index in [-0.39, 0.29) is 17.7 Å². The number of likely N-dealkylation sites (tertiary alicyclic amines) is 1. The molecule has 0 saturated carbocycles. The fourth-order valence-electron chi connectivity index (χ4n) is 3.94. The Morgan fingerprint density at radius 2 is 1.83 bits per heavy atom. The van der Waals surface area contributed by atoms with Crippen LogP contribution in [0.25, 0.3) is 0 Å². The lowest BCUT2D eigenvalue weighted by Gasteiger charge is -2.24. The standard InChI is InChI=1S/C22H22ClN3O3/c23-17-11-10-16(25-12-5-9-20(25)27)14-18(17)24-21(28)19-8-4-13-26(19)22(29)15-6-2-1-3-7-15/h1-3,6-7,10-11,14,19H,4-5,8-9,12-13H2,(H,24,28). The summed E-state index contributed by atoms with van der Waals surface area (Å²) in [5, 5.41) is 3.26. The summed E-state index contributed by atoms with van der Waals surface area (Å²) in [5.74, 6) is -0.343. The predicted molar refractivity (Wildman–Crippen MR) is 112 cm³/mol. The van der Waals surface area contributed by atoms with Crippen molar-refractivity contribution in [3.8, 4) is 0 Å². The number of anilines is 2. The Morgan fingerprint density at radius 1 is 1.03 bits per heavy atom. The smallest absolute Gasteiger partial charge is 0.254 e. The summed E-state index contributed by atoms with van der Waals surface area (Å²) < 4.78 is 0. The molecule has 0 aromatic heterocycles. The minimum absolute atomic E-state index is 0.0695. The highest BCUT2D eigenvalue weighted by Gasteiger charge is 2.35. The Bertz CT molecular complexity index is 948. The van der Waals surface area contributed by atoms with Crippen LogP contribution in [0.3, 0.4) is 0 Å². The second-order valence-electron chi connectivity index (χ2n) is 7.32. The number of carbonyl (C=O) groups is 3. The first-order valence-corrected chi connectivity index (χ1v) is 10.2. The van der Waals surface area contributed by atoms with Gasteiger partial charge in [0.1, 0.15) is 6.04 Å². The molecule has 0 bridgehead atoms. The summed E-state index contributed by atoms with van der Waals surface area (Å²) in [7, 11) is 0. The fraction of sp³-hybridized carbons (Fsp3) is 0.318. The van der Waals surface area contributed by atoms with E-state index >= 15 is 0 Å². The molecule has 29 heavy (non-hydrogen) atoms. The maximum atomic E-state index is 13.0. The molecular weight excluding hydrogens is 390 g/mol. The van der Waals surface area contributed by atoms with E-state index in [0.29, 0.717) is 42.2 Å². The van der Waals surface area contributed by atoms with Crippen molar-refractivity contribution in [1.82, 2.24) is 4.90 Å². The molecule has 2 aromatic carbocycles. The van der Waals surface area contributed by atoms with Crippen LogP contribution in [0, 0.1) is 0 Å². The number of benzene rings is 2. The summed E-state index contributed by atoms with van der Waals surface area (Å²) in [6.07, 6.45) is 2.73. The van der Waals surface area contributed by atoms with Gasteiger partial charge in [0.05, 0.1) is 10.7 Å². The number of halogens is 1. The van der Waals surface area contributed by atoms with Gasteiger partial charge >= 0.3 is 0 Å². The average Bonchev–Trinajstić information content (AvgIpc) is 3.39. The molecule has 150 valence electrons. The van der Waals surface area contributed by atoms with Crippen molar-refractivity contribution in [1.29, 1.82) is 0 Å². The van der Waals surface area contributed by atoms with Gasteiger partial charge in [-0.1, -0.05) is 29.8 Å². The normalized spacial score (nSPS) is 18.9. The van der Waals surface area contributed by atoms with E-state index in [0.717, 1.165) is 18.5 Å². The van der Waals surface area contributed by atoms with Crippen molar-refractivity contribution in [3.63, 3.8) is 0 Å². The first kappa shape index (κ1) is 19.5. The SMILES string of the molecule is O=C(Nc1cc(N2CCCC2=O)ccc1Cl)C1CCCN1C(=O)c1ccccc1. The van der Waals surface area contributed by atoms with Crippen molar-refractivity contribution in [3.05, 3.63) is 59.1 Å². The van der Waals surface area contributed by atoms with Crippen molar-refractivity contribution in [2.24, 2.45) is 0 Å². The van der Waals surface area contributed by atoms with E-state index in [4.69, 9.17) is 11.6 Å². The van der Waals surface area contributed by atoms with Gasteiger partial charge in [-0.2, -0.15) is 0 Å². The maximum Gasteiger partial charge on any atom is 0.254 e. The number of hydrogen-bond acceptors (Lipinski definition) is 3. The lowest BCUT2D eigenvalue weighted by Crippen LogP contribution is -2.43. The van der Waals surface area contributed by atoms with Gasteiger partial charge in [-0.3, -0.25) is 14.4 Å². The van der Waals surface area contributed by atoms with Gasteiger partial charge in [0.25, 0.3) is 5.91 Å². The van der Waals surface area contributed by atoms with Crippen LogP contribution in [0.1, 0.15) is 36.0 Å². The van der Waals surface area contributed by atoms with Crippen molar-refractivity contribution in [2.75, 3.05) is 23.3 Å². The highest BCUT2D eigenvalue weighted by molar-refractivity contribution is 6.34. The molecular formula is C22H22ClN3O3. The van der Waals surface area contributed by atoms with E-state index in [2.05, 4.69) is 5.32 Å². The van der Waals surface area contributed by atoms with Crippen LogP contribution in [-0.4, -0.2) is 41.8 Å². The van der Waals surface area contributed by atoms with Gasteiger partial charge in [-0.25, -0.2) is 0 Å². The molecule has 2 saturated heterocycles. The Kier molecular flexibility index (Phi) is 5.53. The molecule has 0 spiro atoms. The molecule has 2 heterocycles. The Hall–Kier alpha value is -2.86. The lowest BCUT2D eigenvalue weighted by atomic mass is 10.1. The van der Waals surface area contributed by atoms with E-state index in [1.54, 1.807) is 40.1 Å². The molecule has 4 rings (SSSR count). The van der Waals surface area contributed by atoms with E-state index < -0.39 is 6.04 Å². The van der Waals surface area contributed by atoms with Gasteiger partial charge in [-0.05, 0) is 49.6 Å². The summed E-state index contributed by atoms with van der Waals surface area (Å²) in [5.41, 5.74) is 1.74. The minimum Gasteiger partial charge on any atom is -0.327 e. The third kappa shape index (κ3) is 3.98. The quantitative estimate of drug-likeness (QED) is 0.833. The first-order chi connectivity index (χ1) is 14.0. The lowest BCUT2D eigenvalue weighted by molar-refractivity contribution is -0.119. The largest absolute Gasteiger partial charge is 0.327 e. The van der Waals surface area contributed by atoms with Crippen molar-refractivity contribution < 1.29 is 14.4 Å². The second kappa shape index (κ2) is 8.25. The topological polar surface area (TPSA) is 69.7 Å². The zero-order chi connectivity index (χ0) is 20.4. The summed E-state index contributed by atoms with van der Waals surface area (Å²) >= 11 is 6.29. The molecule has 0 aliphatic carbocycles. The van der Waals surface area contributed by atoms with Crippen LogP contribution in [0.15, 0.2) is 48.5 Å². The first-order valence-electron chi connectivity index (χ1n) is 9.81. The second-order valence-corrected chi connectivity index (χ2v) is 7.73. The molecule has 1 N–H and O–H groups in total. The van der Waals surface area contributed by atoms with Gasteiger partial charge in [-0.15, -0.1) is 0 Å². The third-order valence-corrected chi connectivity index (χ3v) is 5.76. The van der Waals surface area contributed by atoms with Crippen molar-refractivity contribution >= 4 is 40.7 Å². The molecule has 1 atom stereocenters. The van der Waals surface area contributed by atoms with Crippen LogP contribution < -0.4 is 10.2 Å². The highest BCUT2D eigenvalue weighted by Crippen LogP contribution is 2.31. The Balaban J connectivity index is 1.51. The van der Waals surface area contributed by atoms with Gasteiger partial charge in [0, 0.05) is 30.8 Å². The van der Waals surface area contributed by atoms with Crippen LogP contribution in [0.2, 0.25) is 5.02 Å². The number of rotatable bonds is 4. The molecule has 3 amide bonds. The number of amides is 3. The zero-order valence-electron chi connectivity index (χ0n) is 15.9. The van der Waals surface area contributed by atoms with Gasteiger partial charge in [0.2, 0.25) is 11.8 Å². The molecule has 2 aromatic rings. The molecule has 2 fully saturated rings. The highest BCUT2D eigenvalue weighted by atomic mass is 35.5. The monoisotopic (exact) mass is 411 g/mol. The van der Waals surface area contributed by atoms with Crippen LogP contribution >= 0.6 is 11.6 Å². The molecule has 2 aliphatic rings. The Labute approximate surface area is 174 Å². The number of nitrogens with one attached hydrogen (secondary N) is 1. The number of nitrogens with zero attached hydrogens (tertiary/aromatic N) is 2. The van der Waals surface area contributed by atoms with Crippen molar-refractivity contribution in [2.45, 2.75) is 31.7 Å². The van der Waals surface area contributed by atoms with Crippen LogP contribution in [0.5, 0.6) is 0 Å². The number of hydrogen-bond donors (Lipinski definition) is 1.